The third-order valence-corrected chi connectivity index (χ3v) is 3.26. The van der Waals surface area contributed by atoms with Crippen LogP contribution in [-0.2, 0) is 13.1 Å². The lowest BCUT2D eigenvalue weighted by Crippen LogP contribution is -2.24. The van der Waals surface area contributed by atoms with Crippen LogP contribution >= 0.6 is 0 Å². The number of benzene rings is 1. The van der Waals surface area contributed by atoms with Gasteiger partial charge >= 0.3 is 0 Å². The summed E-state index contributed by atoms with van der Waals surface area (Å²) in [6.45, 7) is 8.30. The summed E-state index contributed by atoms with van der Waals surface area (Å²) >= 11 is 0. The molecule has 0 radical (unpaired) electrons. The molecule has 0 saturated heterocycles. The summed E-state index contributed by atoms with van der Waals surface area (Å²) < 4.78 is 2.07. The van der Waals surface area contributed by atoms with Gasteiger partial charge in [0, 0.05) is 24.5 Å². The molecule has 3 heteroatoms. The van der Waals surface area contributed by atoms with E-state index in [0.717, 1.165) is 25.2 Å². The van der Waals surface area contributed by atoms with Crippen molar-refractivity contribution in [1.82, 2.24) is 15.1 Å². The molecule has 0 saturated carbocycles. The summed E-state index contributed by atoms with van der Waals surface area (Å²) in [7, 11) is 0. The molecule has 1 unspecified atom stereocenters. The Kier molecular flexibility index (Phi) is 3.79. The van der Waals surface area contributed by atoms with Gasteiger partial charge in [0.25, 0.3) is 0 Å². The lowest BCUT2D eigenvalue weighted by Gasteiger charge is -2.09. The molecule has 0 aliphatic rings. The van der Waals surface area contributed by atoms with Gasteiger partial charge in [0.05, 0.1) is 11.2 Å². The number of nitrogens with one attached hydrogen (secondary N) is 1. The van der Waals surface area contributed by atoms with Crippen molar-refractivity contribution in [2.24, 2.45) is 0 Å². The zero-order chi connectivity index (χ0) is 12.3. The molecule has 3 nitrogen and oxygen atoms in total. The maximum Gasteiger partial charge on any atom is 0.0841 e. The van der Waals surface area contributed by atoms with Gasteiger partial charge in [-0.2, -0.15) is 5.10 Å². The first-order valence-electron chi connectivity index (χ1n) is 6.44. The Morgan fingerprint density at radius 1 is 1.29 bits per heavy atom. The van der Waals surface area contributed by atoms with Gasteiger partial charge < -0.3 is 5.32 Å². The average molecular weight is 231 g/mol. The highest BCUT2D eigenvalue weighted by Gasteiger charge is 2.09. The first kappa shape index (κ1) is 12.1. The van der Waals surface area contributed by atoms with Crippen LogP contribution in [-0.4, -0.2) is 15.8 Å². The number of aryl methyl sites for hydroxylation is 1. The highest BCUT2D eigenvalue weighted by atomic mass is 15.3. The van der Waals surface area contributed by atoms with Crippen LogP contribution in [0.1, 0.15) is 32.9 Å². The molecule has 2 aromatic rings. The Morgan fingerprint density at radius 2 is 2.06 bits per heavy atom. The van der Waals surface area contributed by atoms with Crippen LogP contribution in [0.15, 0.2) is 24.3 Å². The van der Waals surface area contributed by atoms with Gasteiger partial charge in [-0.15, -0.1) is 0 Å². The lowest BCUT2D eigenvalue weighted by atomic mass is 10.2. The largest absolute Gasteiger partial charge is 0.309 e. The van der Waals surface area contributed by atoms with E-state index in [1.54, 1.807) is 0 Å². The Balaban J connectivity index is 2.28. The Morgan fingerprint density at radius 3 is 2.76 bits per heavy atom. The molecule has 1 heterocycles. The van der Waals surface area contributed by atoms with E-state index in [4.69, 9.17) is 0 Å². The molecule has 0 bridgehead atoms. The number of rotatable bonds is 5. The summed E-state index contributed by atoms with van der Waals surface area (Å²) in [6.07, 6.45) is 1.15. The van der Waals surface area contributed by atoms with Gasteiger partial charge in [-0.3, -0.25) is 4.68 Å². The quantitative estimate of drug-likeness (QED) is 0.857. The van der Waals surface area contributed by atoms with Crippen molar-refractivity contribution < 1.29 is 0 Å². The molecule has 0 amide bonds. The van der Waals surface area contributed by atoms with E-state index in [9.17, 15) is 0 Å². The van der Waals surface area contributed by atoms with Crippen molar-refractivity contribution in [3.63, 3.8) is 0 Å². The van der Waals surface area contributed by atoms with Crippen molar-refractivity contribution in [2.45, 2.75) is 46.3 Å². The fourth-order valence-electron chi connectivity index (χ4n) is 1.98. The summed E-state index contributed by atoms with van der Waals surface area (Å²) in [5.74, 6) is 0. The third kappa shape index (κ3) is 2.50. The molecule has 1 N–H and O–H groups in total. The lowest BCUT2D eigenvalue weighted by molar-refractivity contribution is 0.524. The molecular weight excluding hydrogens is 210 g/mol. The standard InChI is InChI=1S/C14H21N3/c1-4-11(3)15-10-13-12-8-6-7-9-14(12)17(5-2)16-13/h6-9,11,15H,4-5,10H2,1-3H3. The van der Waals surface area contributed by atoms with Crippen LogP contribution in [0.25, 0.3) is 10.9 Å². The van der Waals surface area contributed by atoms with Crippen molar-refractivity contribution in [3.05, 3.63) is 30.0 Å². The minimum absolute atomic E-state index is 0.542. The Bertz CT molecular complexity index is 487. The minimum atomic E-state index is 0.542. The molecule has 0 fully saturated rings. The van der Waals surface area contributed by atoms with E-state index in [-0.39, 0.29) is 0 Å². The molecule has 0 spiro atoms. The van der Waals surface area contributed by atoms with Gasteiger partial charge in [-0.05, 0) is 26.3 Å². The van der Waals surface area contributed by atoms with Gasteiger partial charge in [-0.1, -0.05) is 25.1 Å². The summed E-state index contributed by atoms with van der Waals surface area (Å²) in [5, 5.41) is 9.44. The van der Waals surface area contributed by atoms with E-state index >= 15 is 0 Å². The average Bonchev–Trinajstić information content (AvgIpc) is 2.74. The predicted molar refractivity (Wildman–Crippen MR) is 72.0 cm³/mol. The zero-order valence-corrected chi connectivity index (χ0v) is 10.9. The predicted octanol–water partition coefficient (Wildman–Crippen LogP) is 2.94. The number of fused-ring (bicyclic) bond motifs is 1. The number of nitrogens with zero attached hydrogens (tertiary/aromatic N) is 2. The van der Waals surface area contributed by atoms with Crippen LogP contribution < -0.4 is 5.32 Å². The summed E-state index contributed by atoms with van der Waals surface area (Å²) in [6, 6.07) is 8.99. The first-order valence-corrected chi connectivity index (χ1v) is 6.44. The second-order valence-electron chi connectivity index (χ2n) is 4.47. The van der Waals surface area contributed by atoms with Gasteiger partial charge in [0.1, 0.15) is 0 Å². The molecule has 1 aromatic heterocycles. The highest BCUT2D eigenvalue weighted by molar-refractivity contribution is 5.81. The van der Waals surface area contributed by atoms with Gasteiger partial charge in [0.2, 0.25) is 0 Å². The molecule has 1 atom stereocenters. The number of hydrogen-bond donors (Lipinski definition) is 1. The molecule has 17 heavy (non-hydrogen) atoms. The molecular formula is C14H21N3. The molecule has 0 aliphatic heterocycles. The minimum Gasteiger partial charge on any atom is -0.309 e. The first-order chi connectivity index (χ1) is 8.26. The Labute approximate surface area is 103 Å². The van der Waals surface area contributed by atoms with Crippen molar-refractivity contribution in [1.29, 1.82) is 0 Å². The van der Waals surface area contributed by atoms with Crippen LogP contribution in [0.3, 0.4) is 0 Å². The highest BCUT2D eigenvalue weighted by Crippen LogP contribution is 2.18. The maximum atomic E-state index is 4.67. The normalized spacial score (nSPS) is 13.1. The SMILES string of the molecule is CCC(C)NCc1nn(CC)c2ccccc12. The van der Waals surface area contributed by atoms with Crippen LogP contribution in [0.2, 0.25) is 0 Å². The van der Waals surface area contributed by atoms with E-state index in [1.165, 1.54) is 10.9 Å². The van der Waals surface area contributed by atoms with E-state index < -0.39 is 0 Å². The van der Waals surface area contributed by atoms with Crippen molar-refractivity contribution in [3.8, 4) is 0 Å². The van der Waals surface area contributed by atoms with E-state index in [0.29, 0.717) is 6.04 Å². The zero-order valence-electron chi connectivity index (χ0n) is 10.9. The Hall–Kier alpha value is -1.35. The summed E-state index contributed by atoms with van der Waals surface area (Å²) in [5.41, 5.74) is 2.39. The van der Waals surface area contributed by atoms with E-state index in [1.807, 2.05) is 0 Å². The monoisotopic (exact) mass is 231 g/mol. The maximum absolute atomic E-state index is 4.67. The molecule has 1 aromatic carbocycles. The van der Waals surface area contributed by atoms with Crippen LogP contribution in [0.5, 0.6) is 0 Å². The van der Waals surface area contributed by atoms with Crippen molar-refractivity contribution >= 4 is 10.9 Å². The second kappa shape index (κ2) is 5.32. The molecule has 92 valence electrons. The smallest absolute Gasteiger partial charge is 0.0841 e. The topological polar surface area (TPSA) is 29.9 Å². The van der Waals surface area contributed by atoms with E-state index in [2.05, 4.69) is 60.1 Å². The fourth-order valence-corrected chi connectivity index (χ4v) is 1.98. The fraction of sp³-hybridized carbons (Fsp3) is 0.500. The molecule has 2 rings (SSSR count). The number of para-hydroxylation sites is 1. The third-order valence-electron chi connectivity index (χ3n) is 3.26. The van der Waals surface area contributed by atoms with Gasteiger partial charge in [0.15, 0.2) is 0 Å². The van der Waals surface area contributed by atoms with Crippen LogP contribution in [0, 0.1) is 0 Å². The number of aromatic nitrogens is 2. The van der Waals surface area contributed by atoms with Gasteiger partial charge in [-0.25, -0.2) is 0 Å². The summed E-state index contributed by atoms with van der Waals surface area (Å²) in [4.78, 5) is 0. The molecule has 0 aliphatic carbocycles. The van der Waals surface area contributed by atoms with Crippen molar-refractivity contribution in [2.75, 3.05) is 0 Å². The second-order valence-corrected chi connectivity index (χ2v) is 4.47. The van der Waals surface area contributed by atoms with Crippen LogP contribution in [0.4, 0.5) is 0 Å². The number of hydrogen-bond acceptors (Lipinski definition) is 2.